The lowest BCUT2D eigenvalue weighted by Gasteiger charge is -2.37. The zero-order valence-corrected chi connectivity index (χ0v) is 15.1. The molecular weight excluding hydrogens is 346 g/mol. The van der Waals surface area contributed by atoms with E-state index in [9.17, 15) is 9.90 Å². The zero-order valence-electron chi connectivity index (χ0n) is 15.1. The van der Waals surface area contributed by atoms with Gasteiger partial charge in [0.25, 0.3) is 5.91 Å². The molecule has 1 aliphatic rings. The molecular formula is C19H23N5O3. The summed E-state index contributed by atoms with van der Waals surface area (Å²) in [7, 11) is 1.84. The summed E-state index contributed by atoms with van der Waals surface area (Å²) in [5, 5.41) is 26.1. The summed E-state index contributed by atoms with van der Waals surface area (Å²) in [4.78, 5) is 17.2. The van der Waals surface area contributed by atoms with Gasteiger partial charge in [-0.2, -0.15) is 5.10 Å². The molecule has 0 saturated heterocycles. The van der Waals surface area contributed by atoms with Crippen molar-refractivity contribution in [2.45, 2.75) is 31.5 Å². The fourth-order valence-electron chi connectivity index (χ4n) is 3.69. The molecule has 0 radical (unpaired) electrons. The fraction of sp³-hybridized carbons (Fsp3) is 0.421. The second kappa shape index (κ2) is 7.13. The summed E-state index contributed by atoms with van der Waals surface area (Å²) in [6.45, 7) is 0.503. The summed E-state index contributed by atoms with van der Waals surface area (Å²) in [5.41, 5.74) is 3.07. The third kappa shape index (κ3) is 3.45. The Bertz CT molecular complexity index is 957. The van der Waals surface area contributed by atoms with Gasteiger partial charge in [0.2, 0.25) is 0 Å². The van der Waals surface area contributed by atoms with Crippen molar-refractivity contribution >= 4 is 16.9 Å². The Morgan fingerprint density at radius 2 is 2.22 bits per heavy atom. The van der Waals surface area contributed by atoms with E-state index in [0.717, 1.165) is 11.1 Å². The first-order valence-electron chi connectivity index (χ1n) is 9.08. The molecule has 3 aromatic rings. The number of fused-ring (bicyclic) bond motifs is 1. The number of benzene rings is 1. The van der Waals surface area contributed by atoms with E-state index in [-0.39, 0.29) is 30.6 Å². The highest BCUT2D eigenvalue weighted by molar-refractivity contribution is 5.97. The molecule has 3 N–H and O–H groups in total. The van der Waals surface area contributed by atoms with Gasteiger partial charge < -0.3 is 20.1 Å². The largest absolute Gasteiger partial charge is 0.395 e. The first-order valence-corrected chi connectivity index (χ1v) is 9.08. The molecule has 2 aromatic heterocycles. The van der Waals surface area contributed by atoms with Gasteiger partial charge >= 0.3 is 0 Å². The Kier molecular flexibility index (Phi) is 4.67. The van der Waals surface area contributed by atoms with Crippen LogP contribution in [0.15, 0.2) is 36.9 Å². The Hall–Kier alpha value is -2.71. The van der Waals surface area contributed by atoms with Gasteiger partial charge in [-0.05, 0) is 37.0 Å². The number of aliphatic hydroxyl groups is 2. The van der Waals surface area contributed by atoms with Crippen molar-refractivity contribution in [1.82, 2.24) is 24.6 Å². The van der Waals surface area contributed by atoms with E-state index in [1.165, 1.54) is 0 Å². The molecule has 1 fully saturated rings. The van der Waals surface area contributed by atoms with Gasteiger partial charge in [-0.15, -0.1) is 0 Å². The second-order valence-corrected chi connectivity index (χ2v) is 7.15. The topological polar surface area (TPSA) is 105 Å². The highest BCUT2D eigenvalue weighted by Crippen LogP contribution is 2.38. The fourth-order valence-corrected chi connectivity index (χ4v) is 3.69. The summed E-state index contributed by atoms with van der Waals surface area (Å²) >= 11 is 0. The lowest BCUT2D eigenvalue weighted by molar-refractivity contribution is 0.0235. The van der Waals surface area contributed by atoms with Crippen LogP contribution in [0.2, 0.25) is 0 Å². The van der Waals surface area contributed by atoms with Crippen molar-refractivity contribution in [2.75, 3.05) is 6.61 Å². The number of amides is 1. The van der Waals surface area contributed by atoms with Crippen LogP contribution in [0.25, 0.3) is 11.0 Å². The van der Waals surface area contributed by atoms with Gasteiger partial charge in [0, 0.05) is 30.9 Å². The zero-order chi connectivity index (χ0) is 19.0. The maximum absolute atomic E-state index is 12.9. The average molecular weight is 369 g/mol. The number of nitrogens with one attached hydrogen (secondary N) is 1. The smallest absolute Gasteiger partial charge is 0.251 e. The van der Waals surface area contributed by atoms with Crippen molar-refractivity contribution in [1.29, 1.82) is 0 Å². The van der Waals surface area contributed by atoms with Gasteiger partial charge in [-0.3, -0.25) is 9.48 Å². The predicted octanol–water partition coefficient (Wildman–Crippen LogP) is 1.00. The highest BCUT2D eigenvalue weighted by atomic mass is 16.3. The van der Waals surface area contributed by atoms with Gasteiger partial charge in [0.1, 0.15) is 0 Å². The number of hydrogen-bond acceptors (Lipinski definition) is 5. The Labute approximate surface area is 156 Å². The van der Waals surface area contributed by atoms with Crippen molar-refractivity contribution in [2.24, 2.45) is 13.0 Å². The molecule has 8 nitrogen and oxygen atoms in total. The summed E-state index contributed by atoms with van der Waals surface area (Å²) in [6, 6.07) is 5.19. The molecule has 142 valence electrons. The van der Waals surface area contributed by atoms with Gasteiger partial charge in [0.15, 0.2) is 0 Å². The summed E-state index contributed by atoms with van der Waals surface area (Å²) < 4.78 is 3.56. The quantitative estimate of drug-likeness (QED) is 0.601. The van der Waals surface area contributed by atoms with Crippen LogP contribution in [0.3, 0.4) is 0 Å². The highest BCUT2D eigenvalue weighted by Gasteiger charge is 2.36. The van der Waals surface area contributed by atoms with Crippen molar-refractivity contribution in [3.8, 4) is 0 Å². The SMILES string of the molecule is Cn1cc(C(NC(=O)c2ccc3c(c2)ncn3CCO)C2CC(O)C2)cn1. The van der Waals surface area contributed by atoms with E-state index < -0.39 is 0 Å². The lowest BCUT2D eigenvalue weighted by atomic mass is 9.75. The number of aromatic nitrogens is 4. The van der Waals surface area contributed by atoms with E-state index in [1.807, 2.05) is 23.9 Å². The van der Waals surface area contributed by atoms with Gasteiger partial charge in [0.05, 0.1) is 42.3 Å². The Balaban J connectivity index is 1.56. The van der Waals surface area contributed by atoms with E-state index in [2.05, 4.69) is 15.4 Å². The molecule has 1 atom stereocenters. The summed E-state index contributed by atoms with van der Waals surface area (Å²) in [5.74, 6) is 0.0181. The average Bonchev–Trinajstić information content (AvgIpc) is 3.23. The number of aryl methyl sites for hydroxylation is 1. The summed E-state index contributed by atoms with van der Waals surface area (Å²) in [6.07, 6.45) is 6.37. The number of hydrogen-bond donors (Lipinski definition) is 3. The van der Waals surface area contributed by atoms with E-state index in [0.29, 0.717) is 30.5 Å². The van der Waals surface area contributed by atoms with E-state index >= 15 is 0 Å². The molecule has 0 bridgehead atoms. The van der Waals surface area contributed by atoms with Crippen LogP contribution in [0.1, 0.15) is 34.8 Å². The molecule has 1 aliphatic carbocycles. The Morgan fingerprint density at radius 3 is 2.89 bits per heavy atom. The number of rotatable bonds is 6. The molecule has 1 aromatic carbocycles. The molecule has 8 heteroatoms. The van der Waals surface area contributed by atoms with Gasteiger partial charge in [-0.25, -0.2) is 4.98 Å². The maximum atomic E-state index is 12.9. The number of aliphatic hydroxyl groups excluding tert-OH is 2. The van der Waals surface area contributed by atoms with Crippen molar-refractivity contribution in [3.63, 3.8) is 0 Å². The minimum absolute atomic E-state index is 0.0354. The van der Waals surface area contributed by atoms with Gasteiger partial charge in [-0.1, -0.05) is 0 Å². The molecule has 2 heterocycles. The van der Waals surface area contributed by atoms with Crippen LogP contribution >= 0.6 is 0 Å². The standard InChI is InChI=1S/C19H23N5O3/c1-23-10-14(9-21-23)18(13-6-15(26)7-13)22-19(27)12-2-3-17-16(8-12)20-11-24(17)4-5-25/h2-3,8-11,13,15,18,25-26H,4-7H2,1H3,(H,22,27). The van der Waals surface area contributed by atoms with Crippen LogP contribution in [0.4, 0.5) is 0 Å². The number of nitrogens with zero attached hydrogens (tertiary/aromatic N) is 4. The molecule has 1 saturated carbocycles. The second-order valence-electron chi connectivity index (χ2n) is 7.15. The number of imidazole rings is 1. The minimum Gasteiger partial charge on any atom is -0.395 e. The van der Waals surface area contributed by atoms with Crippen LogP contribution in [-0.2, 0) is 13.6 Å². The molecule has 4 rings (SSSR count). The lowest BCUT2D eigenvalue weighted by Crippen LogP contribution is -2.41. The first-order chi connectivity index (χ1) is 13.0. The minimum atomic E-state index is -0.294. The van der Waals surface area contributed by atoms with Crippen LogP contribution in [-0.4, -0.2) is 48.2 Å². The number of carbonyl (C=O) groups is 1. The third-order valence-corrected chi connectivity index (χ3v) is 5.22. The van der Waals surface area contributed by atoms with Crippen LogP contribution in [0, 0.1) is 5.92 Å². The normalized spacial score (nSPS) is 20.4. The molecule has 0 spiro atoms. The molecule has 1 unspecified atom stereocenters. The molecule has 0 aliphatic heterocycles. The van der Waals surface area contributed by atoms with E-state index in [1.54, 1.807) is 29.3 Å². The van der Waals surface area contributed by atoms with E-state index in [4.69, 9.17) is 5.11 Å². The predicted molar refractivity (Wildman–Crippen MR) is 99.0 cm³/mol. The van der Waals surface area contributed by atoms with Crippen LogP contribution in [0.5, 0.6) is 0 Å². The molecule has 27 heavy (non-hydrogen) atoms. The first kappa shape index (κ1) is 17.7. The maximum Gasteiger partial charge on any atom is 0.251 e. The molecule has 1 amide bonds. The monoisotopic (exact) mass is 369 g/mol. The van der Waals surface area contributed by atoms with Crippen LogP contribution < -0.4 is 5.32 Å². The van der Waals surface area contributed by atoms with Crippen molar-refractivity contribution < 1.29 is 15.0 Å². The Morgan fingerprint density at radius 1 is 1.41 bits per heavy atom. The van der Waals surface area contributed by atoms with Crippen molar-refractivity contribution in [3.05, 3.63) is 48.0 Å². The number of carbonyl (C=O) groups excluding carboxylic acids is 1. The third-order valence-electron chi connectivity index (χ3n) is 5.22.